The Bertz CT molecular complexity index is 931. The van der Waals surface area contributed by atoms with E-state index in [-0.39, 0.29) is 30.4 Å². The van der Waals surface area contributed by atoms with E-state index < -0.39 is 15.8 Å². The molecule has 0 atom stereocenters. The fourth-order valence-electron chi connectivity index (χ4n) is 2.86. The molecule has 1 N–H and O–H groups in total. The number of nitrogens with one attached hydrogen (secondary N) is 1. The Kier molecular flexibility index (Phi) is 6.11. The third kappa shape index (κ3) is 4.84. The van der Waals surface area contributed by atoms with E-state index in [9.17, 15) is 17.6 Å². The number of carbonyl (C=O) groups excluding carboxylic acids is 1. The van der Waals surface area contributed by atoms with Gasteiger partial charge in [0.25, 0.3) is 0 Å². The molecule has 1 heterocycles. The second kappa shape index (κ2) is 8.35. The van der Waals surface area contributed by atoms with Crippen molar-refractivity contribution in [3.8, 4) is 0 Å². The number of hydrogen-bond acceptors (Lipinski definition) is 4. The first-order valence-electron chi connectivity index (χ1n) is 8.39. The van der Waals surface area contributed by atoms with Gasteiger partial charge in [-0.3, -0.25) is 9.69 Å². The zero-order valence-corrected chi connectivity index (χ0v) is 16.0. The summed E-state index contributed by atoms with van der Waals surface area (Å²) < 4.78 is 39.8. The van der Waals surface area contributed by atoms with Gasteiger partial charge >= 0.3 is 0 Å². The number of benzene rings is 2. The van der Waals surface area contributed by atoms with Crippen LogP contribution in [-0.2, 0) is 14.8 Å². The van der Waals surface area contributed by atoms with E-state index in [1.54, 1.807) is 24.3 Å². The molecule has 3 rings (SSSR count). The lowest BCUT2D eigenvalue weighted by Crippen LogP contribution is -2.50. The standard InChI is InChI=1S/C18H19ClFN3O3S/c19-16-6-1-2-7-17(16)21-18(24)13-22-8-10-23(11-9-22)27(25,26)15-5-3-4-14(20)12-15/h1-7,12H,8-11,13H2,(H,21,24). The van der Waals surface area contributed by atoms with E-state index >= 15 is 0 Å². The Morgan fingerprint density at radius 2 is 1.78 bits per heavy atom. The first kappa shape index (κ1) is 19.8. The highest BCUT2D eigenvalue weighted by atomic mass is 35.5. The number of anilines is 1. The van der Waals surface area contributed by atoms with Crippen LogP contribution in [0.5, 0.6) is 0 Å². The molecule has 1 amide bonds. The monoisotopic (exact) mass is 411 g/mol. The molecule has 9 heteroatoms. The van der Waals surface area contributed by atoms with Crippen LogP contribution in [0.1, 0.15) is 0 Å². The van der Waals surface area contributed by atoms with Crippen molar-refractivity contribution in [3.05, 3.63) is 59.4 Å². The van der Waals surface area contributed by atoms with Gasteiger partial charge in [-0.05, 0) is 30.3 Å². The molecule has 0 saturated carbocycles. The summed E-state index contributed by atoms with van der Waals surface area (Å²) in [5.41, 5.74) is 0.538. The molecule has 1 saturated heterocycles. The van der Waals surface area contributed by atoms with Gasteiger partial charge in [0.05, 0.1) is 22.2 Å². The van der Waals surface area contributed by atoms with E-state index in [4.69, 9.17) is 11.6 Å². The second-order valence-electron chi connectivity index (χ2n) is 6.17. The number of carbonyl (C=O) groups is 1. The molecule has 27 heavy (non-hydrogen) atoms. The summed E-state index contributed by atoms with van der Waals surface area (Å²) in [4.78, 5) is 14.0. The van der Waals surface area contributed by atoms with Crippen LogP contribution in [0.25, 0.3) is 0 Å². The summed E-state index contributed by atoms with van der Waals surface area (Å²) >= 11 is 6.02. The minimum absolute atomic E-state index is 0.0626. The number of rotatable bonds is 5. The summed E-state index contributed by atoms with van der Waals surface area (Å²) in [6.45, 7) is 1.42. The molecular weight excluding hydrogens is 393 g/mol. The fraction of sp³-hybridized carbons (Fsp3) is 0.278. The smallest absolute Gasteiger partial charge is 0.243 e. The average Bonchev–Trinajstić information content (AvgIpc) is 2.64. The topological polar surface area (TPSA) is 69.7 Å². The number of hydrogen-bond donors (Lipinski definition) is 1. The van der Waals surface area contributed by atoms with Crippen molar-refractivity contribution in [3.63, 3.8) is 0 Å². The number of sulfonamides is 1. The van der Waals surface area contributed by atoms with Crippen LogP contribution in [0.15, 0.2) is 53.4 Å². The Hall–Kier alpha value is -2.00. The van der Waals surface area contributed by atoms with Gasteiger partial charge in [-0.25, -0.2) is 12.8 Å². The van der Waals surface area contributed by atoms with Crippen molar-refractivity contribution in [1.82, 2.24) is 9.21 Å². The lowest BCUT2D eigenvalue weighted by atomic mass is 10.3. The molecule has 0 bridgehead atoms. The maximum Gasteiger partial charge on any atom is 0.243 e. The van der Waals surface area contributed by atoms with Crippen LogP contribution in [0.4, 0.5) is 10.1 Å². The molecule has 0 radical (unpaired) electrons. The first-order chi connectivity index (χ1) is 12.9. The highest BCUT2D eigenvalue weighted by Gasteiger charge is 2.29. The van der Waals surface area contributed by atoms with E-state index in [1.807, 2.05) is 4.90 Å². The zero-order valence-electron chi connectivity index (χ0n) is 14.4. The van der Waals surface area contributed by atoms with Crippen LogP contribution in [0.3, 0.4) is 0 Å². The van der Waals surface area contributed by atoms with Gasteiger partial charge in [0.1, 0.15) is 5.82 Å². The lowest BCUT2D eigenvalue weighted by molar-refractivity contribution is -0.117. The van der Waals surface area contributed by atoms with E-state index in [0.717, 1.165) is 6.07 Å². The van der Waals surface area contributed by atoms with E-state index in [2.05, 4.69) is 5.32 Å². The third-order valence-electron chi connectivity index (χ3n) is 4.28. The first-order valence-corrected chi connectivity index (χ1v) is 10.2. The third-order valence-corrected chi connectivity index (χ3v) is 6.50. The molecule has 144 valence electrons. The minimum atomic E-state index is -3.74. The molecule has 1 aliphatic rings. The second-order valence-corrected chi connectivity index (χ2v) is 8.51. The summed E-state index contributed by atoms with van der Waals surface area (Å²) in [6.07, 6.45) is 0. The van der Waals surface area contributed by atoms with Crippen LogP contribution in [0.2, 0.25) is 5.02 Å². The normalized spacial score (nSPS) is 16.2. The van der Waals surface area contributed by atoms with Gasteiger partial charge in [-0.15, -0.1) is 0 Å². The maximum absolute atomic E-state index is 13.3. The SMILES string of the molecule is O=C(CN1CCN(S(=O)(=O)c2cccc(F)c2)CC1)Nc1ccccc1Cl. The molecule has 1 fully saturated rings. The molecule has 2 aromatic rings. The van der Waals surface area contributed by atoms with Crippen molar-refractivity contribution in [1.29, 1.82) is 0 Å². The van der Waals surface area contributed by atoms with Crippen molar-refractivity contribution in [2.24, 2.45) is 0 Å². The van der Waals surface area contributed by atoms with Crippen LogP contribution < -0.4 is 5.32 Å². The zero-order chi connectivity index (χ0) is 19.4. The molecule has 0 aliphatic carbocycles. The van der Waals surface area contributed by atoms with Gasteiger partial charge < -0.3 is 5.32 Å². The molecule has 0 spiro atoms. The highest BCUT2D eigenvalue weighted by Crippen LogP contribution is 2.21. The minimum Gasteiger partial charge on any atom is -0.324 e. The Balaban J connectivity index is 1.56. The quantitative estimate of drug-likeness (QED) is 0.820. The van der Waals surface area contributed by atoms with Crippen LogP contribution in [-0.4, -0.2) is 56.3 Å². The Morgan fingerprint density at radius 1 is 1.07 bits per heavy atom. The Morgan fingerprint density at radius 3 is 2.44 bits per heavy atom. The summed E-state index contributed by atoms with van der Waals surface area (Å²) in [5.74, 6) is -0.810. The van der Waals surface area contributed by atoms with Crippen molar-refractivity contribution >= 4 is 33.2 Å². The summed E-state index contributed by atoms with van der Waals surface area (Å²) in [5, 5.41) is 3.20. The predicted molar refractivity (Wildman–Crippen MR) is 102 cm³/mol. The largest absolute Gasteiger partial charge is 0.324 e. The fourth-order valence-corrected chi connectivity index (χ4v) is 4.50. The highest BCUT2D eigenvalue weighted by molar-refractivity contribution is 7.89. The van der Waals surface area contributed by atoms with Gasteiger partial charge in [0, 0.05) is 26.2 Å². The lowest BCUT2D eigenvalue weighted by Gasteiger charge is -2.33. The predicted octanol–water partition coefficient (Wildman–Crippen LogP) is 2.42. The molecule has 0 unspecified atom stereocenters. The molecule has 1 aliphatic heterocycles. The molecule has 6 nitrogen and oxygen atoms in total. The summed E-state index contributed by atoms with van der Waals surface area (Å²) in [6, 6.07) is 11.9. The van der Waals surface area contributed by atoms with E-state index in [1.165, 1.54) is 22.5 Å². The van der Waals surface area contributed by atoms with E-state index in [0.29, 0.717) is 23.8 Å². The number of amides is 1. The number of para-hydroxylation sites is 1. The molecule has 2 aromatic carbocycles. The maximum atomic E-state index is 13.3. The number of halogens is 2. The Labute approximate surface area is 162 Å². The van der Waals surface area contributed by atoms with Gasteiger partial charge in [0.2, 0.25) is 15.9 Å². The molecular formula is C18H19ClFN3O3S. The number of piperazine rings is 1. The van der Waals surface area contributed by atoms with Crippen molar-refractivity contribution in [2.45, 2.75) is 4.90 Å². The number of nitrogens with zero attached hydrogens (tertiary/aromatic N) is 2. The van der Waals surface area contributed by atoms with Gasteiger partial charge in [-0.2, -0.15) is 4.31 Å². The van der Waals surface area contributed by atoms with Crippen molar-refractivity contribution < 1.29 is 17.6 Å². The van der Waals surface area contributed by atoms with Gasteiger partial charge in [-0.1, -0.05) is 29.8 Å². The average molecular weight is 412 g/mol. The molecule has 0 aromatic heterocycles. The summed E-state index contributed by atoms with van der Waals surface area (Å²) in [7, 11) is -3.74. The van der Waals surface area contributed by atoms with Crippen LogP contribution >= 0.6 is 11.6 Å². The van der Waals surface area contributed by atoms with Gasteiger partial charge in [0.15, 0.2) is 0 Å². The van der Waals surface area contributed by atoms with Crippen molar-refractivity contribution in [2.75, 3.05) is 38.0 Å². The van der Waals surface area contributed by atoms with Crippen LogP contribution in [0, 0.1) is 5.82 Å².